The molecule has 4 amide bonds. The monoisotopic (exact) mass is 424 g/mol. The van der Waals surface area contributed by atoms with Gasteiger partial charge in [-0.25, -0.2) is 9.18 Å². The molecule has 1 aliphatic heterocycles. The fourth-order valence-corrected chi connectivity index (χ4v) is 3.58. The van der Waals surface area contributed by atoms with Crippen LogP contribution < -0.4 is 16.0 Å². The quantitative estimate of drug-likeness (QED) is 0.685. The fourth-order valence-electron chi connectivity index (χ4n) is 3.58. The molecule has 162 valence electrons. The van der Waals surface area contributed by atoms with Gasteiger partial charge < -0.3 is 20.9 Å². The minimum atomic E-state index is -0.378. The number of hydrogen-bond donors (Lipinski definition) is 3. The van der Waals surface area contributed by atoms with Gasteiger partial charge in [0, 0.05) is 42.0 Å². The number of halogens is 1. The van der Waals surface area contributed by atoms with Crippen LogP contribution in [0, 0.1) is 11.7 Å². The van der Waals surface area contributed by atoms with Gasteiger partial charge in [-0.3, -0.25) is 9.59 Å². The topological polar surface area (TPSA) is 90.5 Å². The molecule has 2 aromatic carbocycles. The second-order valence-electron chi connectivity index (χ2n) is 8.01. The number of anilines is 2. The van der Waals surface area contributed by atoms with Gasteiger partial charge in [-0.05, 0) is 74.2 Å². The molecule has 1 aliphatic carbocycles. The van der Waals surface area contributed by atoms with Crippen molar-refractivity contribution in [3.05, 3.63) is 59.9 Å². The first kappa shape index (κ1) is 20.8. The summed E-state index contributed by atoms with van der Waals surface area (Å²) < 4.78 is 13.0. The number of urea groups is 1. The van der Waals surface area contributed by atoms with Gasteiger partial charge in [-0.2, -0.15) is 0 Å². The van der Waals surface area contributed by atoms with Gasteiger partial charge in [0.1, 0.15) is 5.82 Å². The highest BCUT2D eigenvalue weighted by Crippen LogP contribution is 2.22. The van der Waals surface area contributed by atoms with E-state index in [0.29, 0.717) is 42.9 Å². The standard InChI is InChI=1S/C23H25FN4O3/c24-17-3-1-16(2-4-17)22(30)28-13-11-15(12-14-28)21(29)25-18-5-7-19(8-6-18)26-23(31)27-20-9-10-20/h1-8,15,20H,9-14H2,(H,25,29)(H2,26,27,31). The molecular formula is C23H25FN4O3. The Labute approximate surface area is 180 Å². The number of benzene rings is 2. The minimum absolute atomic E-state index is 0.0823. The van der Waals surface area contributed by atoms with E-state index in [-0.39, 0.29) is 35.6 Å². The number of nitrogens with zero attached hydrogens (tertiary/aromatic N) is 1. The normalized spacial score (nSPS) is 16.5. The van der Waals surface area contributed by atoms with E-state index in [9.17, 15) is 18.8 Å². The van der Waals surface area contributed by atoms with Gasteiger partial charge in [-0.1, -0.05) is 0 Å². The Morgan fingerprint density at radius 2 is 1.39 bits per heavy atom. The lowest BCUT2D eigenvalue weighted by molar-refractivity contribution is -0.121. The van der Waals surface area contributed by atoms with Crippen molar-refractivity contribution < 1.29 is 18.8 Å². The van der Waals surface area contributed by atoms with Gasteiger partial charge in [0.25, 0.3) is 5.91 Å². The molecule has 2 fully saturated rings. The Morgan fingerprint density at radius 3 is 1.97 bits per heavy atom. The lowest BCUT2D eigenvalue weighted by Gasteiger charge is -2.31. The van der Waals surface area contributed by atoms with Crippen molar-refractivity contribution in [3.8, 4) is 0 Å². The van der Waals surface area contributed by atoms with Gasteiger partial charge in [0.05, 0.1) is 0 Å². The lowest BCUT2D eigenvalue weighted by Crippen LogP contribution is -2.41. The Balaban J connectivity index is 1.24. The molecule has 0 aromatic heterocycles. The zero-order chi connectivity index (χ0) is 21.8. The molecule has 1 heterocycles. The molecule has 0 atom stereocenters. The number of rotatable bonds is 5. The number of piperidine rings is 1. The summed E-state index contributed by atoms with van der Waals surface area (Å²) in [5.74, 6) is -0.787. The van der Waals surface area contributed by atoms with Crippen LogP contribution in [-0.2, 0) is 4.79 Å². The second kappa shape index (κ2) is 9.16. The third kappa shape index (κ3) is 5.59. The first-order valence-corrected chi connectivity index (χ1v) is 10.5. The molecule has 4 rings (SSSR count). The molecule has 0 bridgehead atoms. The van der Waals surface area contributed by atoms with Crippen LogP contribution in [0.1, 0.15) is 36.0 Å². The number of carbonyl (C=O) groups excluding carboxylic acids is 3. The largest absolute Gasteiger partial charge is 0.339 e. The van der Waals surface area contributed by atoms with Gasteiger partial charge in [0.2, 0.25) is 5.91 Å². The summed E-state index contributed by atoms with van der Waals surface area (Å²) in [5.41, 5.74) is 1.76. The van der Waals surface area contributed by atoms with E-state index in [2.05, 4.69) is 16.0 Å². The van der Waals surface area contributed by atoms with Crippen LogP contribution in [0.4, 0.5) is 20.6 Å². The summed E-state index contributed by atoms with van der Waals surface area (Å²) in [4.78, 5) is 38.6. The molecule has 0 spiro atoms. The third-order valence-electron chi connectivity index (χ3n) is 5.57. The molecular weight excluding hydrogens is 399 g/mol. The van der Waals surface area contributed by atoms with Crippen LogP contribution in [-0.4, -0.2) is 41.9 Å². The van der Waals surface area contributed by atoms with Crippen molar-refractivity contribution in [1.82, 2.24) is 10.2 Å². The van der Waals surface area contributed by atoms with E-state index in [4.69, 9.17) is 0 Å². The molecule has 7 nitrogen and oxygen atoms in total. The zero-order valence-corrected chi connectivity index (χ0v) is 17.1. The average Bonchev–Trinajstić information content (AvgIpc) is 3.59. The second-order valence-corrected chi connectivity index (χ2v) is 8.01. The van der Waals surface area contributed by atoms with E-state index in [0.717, 1.165) is 12.8 Å². The predicted molar refractivity (Wildman–Crippen MR) is 115 cm³/mol. The molecule has 1 saturated heterocycles. The molecule has 1 saturated carbocycles. The summed E-state index contributed by atoms with van der Waals surface area (Å²) in [7, 11) is 0. The van der Waals surface area contributed by atoms with Crippen LogP contribution in [0.25, 0.3) is 0 Å². The Bertz CT molecular complexity index is 950. The van der Waals surface area contributed by atoms with Crippen LogP contribution in [0.2, 0.25) is 0 Å². The van der Waals surface area contributed by atoms with Crippen molar-refractivity contribution >= 4 is 29.2 Å². The number of nitrogens with one attached hydrogen (secondary N) is 3. The van der Waals surface area contributed by atoms with Gasteiger partial charge in [-0.15, -0.1) is 0 Å². The highest BCUT2D eigenvalue weighted by Gasteiger charge is 2.28. The van der Waals surface area contributed by atoms with Crippen molar-refractivity contribution in [2.45, 2.75) is 31.7 Å². The highest BCUT2D eigenvalue weighted by molar-refractivity contribution is 5.95. The molecule has 0 radical (unpaired) electrons. The maximum Gasteiger partial charge on any atom is 0.319 e. The molecule has 31 heavy (non-hydrogen) atoms. The first-order chi connectivity index (χ1) is 15.0. The maximum absolute atomic E-state index is 13.0. The average molecular weight is 424 g/mol. The van der Waals surface area contributed by atoms with Gasteiger partial charge in [0.15, 0.2) is 0 Å². The van der Waals surface area contributed by atoms with E-state index in [1.807, 2.05) is 0 Å². The summed E-state index contributed by atoms with van der Waals surface area (Å²) in [6.45, 7) is 0.959. The zero-order valence-electron chi connectivity index (χ0n) is 17.1. The predicted octanol–water partition coefficient (Wildman–Crippen LogP) is 3.60. The smallest absolute Gasteiger partial charge is 0.319 e. The SMILES string of the molecule is O=C(Nc1ccc(NC(=O)C2CCN(C(=O)c3ccc(F)cc3)CC2)cc1)NC1CC1. The summed E-state index contributed by atoms with van der Waals surface area (Å²) in [6.07, 6.45) is 3.19. The van der Waals surface area contributed by atoms with E-state index in [1.54, 1.807) is 29.2 Å². The summed E-state index contributed by atoms with van der Waals surface area (Å²) >= 11 is 0. The van der Waals surface area contributed by atoms with Crippen LogP contribution in [0.5, 0.6) is 0 Å². The number of hydrogen-bond acceptors (Lipinski definition) is 3. The van der Waals surface area contributed by atoms with E-state index in [1.165, 1.54) is 24.3 Å². The van der Waals surface area contributed by atoms with Crippen molar-refractivity contribution in [2.24, 2.45) is 5.92 Å². The van der Waals surface area contributed by atoms with E-state index >= 15 is 0 Å². The molecule has 2 aliphatic rings. The van der Waals surface area contributed by atoms with Crippen LogP contribution in [0.3, 0.4) is 0 Å². The maximum atomic E-state index is 13.0. The minimum Gasteiger partial charge on any atom is -0.339 e. The van der Waals surface area contributed by atoms with Crippen molar-refractivity contribution in [3.63, 3.8) is 0 Å². The third-order valence-corrected chi connectivity index (χ3v) is 5.57. The Hall–Kier alpha value is -3.42. The number of likely N-dealkylation sites (tertiary alicyclic amines) is 1. The molecule has 2 aromatic rings. The number of amides is 4. The Morgan fingerprint density at radius 1 is 0.806 bits per heavy atom. The fraction of sp³-hybridized carbons (Fsp3) is 0.348. The van der Waals surface area contributed by atoms with Gasteiger partial charge >= 0.3 is 6.03 Å². The van der Waals surface area contributed by atoms with Crippen LogP contribution >= 0.6 is 0 Å². The lowest BCUT2D eigenvalue weighted by atomic mass is 9.95. The molecule has 8 heteroatoms. The van der Waals surface area contributed by atoms with Crippen molar-refractivity contribution in [1.29, 1.82) is 0 Å². The highest BCUT2D eigenvalue weighted by atomic mass is 19.1. The summed E-state index contributed by atoms with van der Waals surface area (Å²) in [5, 5.41) is 8.52. The molecule has 3 N–H and O–H groups in total. The Kier molecular flexibility index (Phi) is 6.16. The first-order valence-electron chi connectivity index (χ1n) is 10.5. The molecule has 0 unspecified atom stereocenters. The van der Waals surface area contributed by atoms with Crippen molar-refractivity contribution in [2.75, 3.05) is 23.7 Å². The van der Waals surface area contributed by atoms with E-state index < -0.39 is 0 Å². The number of carbonyl (C=O) groups is 3. The van der Waals surface area contributed by atoms with Crippen LogP contribution in [0.15, 0.2) is 48.5 Å². The summed E-state index contributed by atoms with van der Waals surface area (Å²) in [6, 6.07) is 12.5.